The van der Waals surface area contributed by atoms with E-state index in [2.05, 4.69) is 5.32 Å². The maximum Gasteiger partial charge on any atom is 0.411 e. The molecule has 2 rings (SSSR count). The van der Waals surface area contributed by atoms with Gasteiger partial charge < -0.3 is 9.47 Å². The lowest BCUT2D eigenvalue weighted by atomic mass is 10.1. The van der Waals surface area contributed by atoms with E-state index < -0.39 is 12.1 Å². The predicted molar refractivity (Wildman–Crippen MR) is 87.4 cm³/mol. The van der Waals surface area contributed by atoms with Gasteiger partial charge >= 0.3 is 12.1 Å². The third kappa shape index (κ3) is 4.85. The van der Waals surface area contributed by atoms with Crippen molar-refractivity contribution in [3.63, 3.8) is 0 Å². The molecule has 0 saturated heterocycles. The Labute approximate surface area is 135 Å². The van der Waals surface area contributed by atoms with Crippen LogP contribution in [0.4, 0.5) is 10.5 Å². The summed E-state index contributed by atoms with van der Waals surface area (Å²) in [6.45, 7) is 4.18. The first kappa shape index (κ1) is 16.5. The highest BCUT2D eigenvalue weighted by molar-refractivity contribution is 5.92. The zero-order valence-corrected chi connectivity index (χ0v) is 13.2. The number of amides is 1. The quantitative estimate of drug-likeness (QED) is 0.850. The standard InChI is InChI=1S/C18H19NO4/c1-3-22-18(21)19-16-10-6-9-14(11-16)17(20)23-12-15-8-5-4-7-13(15)2/h4-11H,3,12H2,1-2H3,(H,19,21). The molecule has 0 saturated carbocycles. The smallest absolute Gasteiger partial charge is 0.411 e. The van der Waals surface area contributed by atoms with Crippen molar-refractivity contribution in [2.24, 2.45) is 0 Å². The van der Waals surface area contributed by atoms with Crippen LogP contribution >= 0.6 is 0 Å². The number of nitrogens with one attached hydrogen (secondary N) is 1. The summed E-state index contributed by atoms with van der Waals surface area (Å²) in [5.41, 5.74) is 2.88. The van der Waals surface area contributed by atoms with E-state index in [4.69, 9.17) is 9.47 Å². The third-order valence-electron chi connectivity index (χ3n) is 3.24. The van der Waals surface area contributed by atoms with Crippen molar-refractivity contribution >= 4 is 17.7 Å². The molecule has 0 radical (unpaired) electrons. The number of benzene rings is 2. The lowest BCUT2D eigenvalue weighted by Gasteiger charge is -2.09. The molecule has 1 amide bonds. The summed E-state index contributed by atoms with van der Waals surface area (Å²) in [6.07, 6.45) is -0.557. The molecule has 2 aromatic rings. The average molecular weight is 313 g/mol. The summed E-state index contributed by atoms with van der Waals surface area (Å²) < 4.78 is 10.1. The molecule has 0 spiro atoms. The number of hydrogen-bond donors (Lipinski definition) is 1. The van der Waals surface area contributed by atoms with Crippen LogP contribution in [0.5, 0.6) is 0 Å². The molecule has 0 bridgehead atoms. The maximum absolute atomic E-state index is 12.1. The zero-order chi connectivity index (χ0) is 16.7. The van der Waals surface area contributed by atoms with Crippen LogP contribution < -0.4 is 5.32 Å². The molecule has 0 aromatic heterocycles. The lowest BCUT2D eigenvalue weighted by molar-refractivity contribution is 0.0472. The van der Waals surface area contributed by atoms with Crippen LogP contribution in [0.2, 0.25) is 0 Å². The molecule has 0 fully saturated rings. The van der Waals surface area contributed by atoms with Crippen LogP contribution in [0.25, 0.3) is 0 Å². The van der Waals surface area contributed by atoms with E-state index >= 15 is 0 Å². The predicted octanol–water partition coefficient (Wildman–Crippen LogP) is 3.92. The van der Waals surface area contributed by atoms with Crippen molar-refractivity contribution in [2.75, 3.05) is 11.9 Å². The van der Waals surface area contributed by atoms with Crippen LogP contribution in [0.3, 0.4) is 0 Å². The molecule has 0 heterocycles. The second-order valence-corrected chi connectivity index (χ2v) is 4.93. The second kappa shape index (κ2) is 7.98. The van der Waals surface area contributed by atoms with Crippen molar-refractivity contribution in [1.82, 2.24) is 0 Å². The third-order valence-corrected chi connectivity index (χ3v) is 3.24. The number of aryl methyl sites for hydroxylation is 1. The topological polar surface area (TPSA) is 64.6 Å². The number of carbonyl (C=O) groups is 2. The van der Waals surface area contributed by atoms with Crippen LogP contribution in [-0.2, 0) is 16.1 Å². The number of hydrogen-bond acceptors (Lipinski definition) is 4. The number of rotatable bonds is 5. The van der Waals surface area contributed by atoms with Gasteiger partial charge in [-0.2, -0.15) is 0 Å². The Morgan fingerprint density at radius 1 is 1.04 bits per heavy atom. The van der Waals surface area contributed by atoms with E-state index in [1.165, 1.54) is 0 Å². The van der Waals surface area contributed by atoms with E-state index in [1.807, 2.05) is 31.2 Å². The minimum absolute atomic E-state index is 0.209. The molecular weight excluding hydrogens is 294 g/mol. The fraction of sp³-hybridized carbons (Fsp3) is 0.222. The summed E-state index contributed by atoms with van der Waals surface area (Å²) in [7, 11) is 0. The highest BCUT2D eigenvalue weighted by atomic mass is 16.5. The largest absolute Gasteiger partial charge is 0.457 e. The Morgan fingerprint density at radius 2 is 1.83 bits per heavy atom. The second-order valence-electron chi connectivity index (χ2n) is 4.93. The number of esters is 1. The first-order valence-corrected chi connectivity index (χ1v) is 7.35. The molecule has 120 valence electrons. The van der Waals surface area contributed by atoms with Gasteiger partial charge in [-0.05, 0) is 43.2 Å². The molecule has 0 atom stereocenters. The van der Waals surface area contributed by atoms with Crippen LogP contribution in [0, 0.1) is 6.92 Å². The van der Waals surface area contributed by atoms with Gasteiger partial charge in [-0.25, -0.2) is 9.59 Å². The minimum atomic E-state index is -0.557. The highest BCUT2D eigenvalue weighted by Crippen LogP contribution is 2.14. The van der Waals surface area contributed by atoms with Crippen molar-refractivity contribution in [3.05, 3.63) is 65.2 Å². The SMILES string of the molecule is CCOC(=O)Nc1cccc(C(=O)OCc2ccccc2C)c1. The Bertz CT molecular complexity index is 697. The summed E-state index contributed by atoms with van der Waals surface area (Å²) in [5.74, 6) is -0.444. The van der Waals surface area contributed by atoms with E-state index in [-0.39, 0.29) is 13.2 Å². The Balaban J connectivity index is 1.99. The molecule has 1 N–H and O–H groups in total. The van der Waals surface area contributed by atoms with Crippen LogP contribution in [0.15, 0.2) is 48.5 Å². The van der Waals surface area contributed by atoms with Crippen LogP contribution in [0.1, 0.15) is 28.4 Å². The van der Waals surface area contributed by atoms with Gasteiger partial charge in [0.05, 0.1) is 12.2 Å². The van der Waals surface area contributed by atoms with Gasteiger partial charge in [0.15, 0.2) is 0 Å². The summed E-state index contributed by atoms with van der Waals surface area (Å²) in [6, 6.07) is 14.3. The Morgan fingerprint density at radius 3 is 2.57 bits per heavy atom. The molecule has 5 nitrogen and oxygen atoms in total. The summed E-state index contributed by atoms with van der Waals surface area (Å²) >= 11 is 0. The minimum Gasteiger partial charge on any atom is -0.457 e. The summed E-state index contributed by atoms with van der Waals surface area (Å²) in [5, 5.41) is 2.55. The van der Waals surface area contributed by atoms with Gasteiger partial charge in [-0.15, -0.1) is 0 Å². The molecule has 0 unspecified atom stereocenters. The van der Waals surface area contributed by atoms with Crippen molar-refractivity contribution in [1.29, 1.82) is 0 Å². The van der Waals surface area contributed by atoms with Gasteiger partial charge in [-0.1, -0.05) is 30.3 Å². The number of ether oxygens (including phenoxy) is 2. The summed E-state index contributed by atoms with van der Waals surface area (Å²) in [4.78, 5) is 23.5. The highest BCUT2D eigenvalue weighted by Gasteiger charge is 2.10. The first-order valence-electron chi connectivity index (χ1n) is 7.35. The van der Waals surface area contributed by atoms with Gasteiger partial charge in [0, 0.05) is 5.69 Å². The maximum atomic E-state index is 12.1. The molecule has 0 aliphatic rings. The first-order chi connectivity index (χ1) is 11.1. The Kier molecular flexibility index (Phi) is 5.74. The molecule has 0 aliphatic heterocycles. The fourth-order valence-corrected chi connectivity index (χ4v) is 2.01. The molecular formula is C18H19NO4. The van der Waals surface area contributed by atoms with Gasteiger partial charge in [0.25, 0.3) is 0 Å². The van der Waals surface area contributed by atoms with Gasteiger partial charge in [0.2, 0.25) is 0 Å². The van der Waals surface area contributed by atoms with Crippen LogP contribution in [-0.4, -0.2) is 18.7 Å². The van der Waals surface area contributed by atoms with E-state index in [0.717, 1.165) is 11.1 Å². The van der Waals surface area contributed by atoms with Crippen molar-refractivity contribution < 1.29 is 19.1 Å². The van der Waals surface area contributed by atoms with Crippen molar-refractivity contribution in [3.8, 4) is 0 Å². The zero-order valence-electron chi connectivity index (χ0n) is 13.2. The van der Waals surface area contributed by atoms with E-state index in [9.17, 15) is 9.59 Å². The van der Waals surface area contributed by atoms with Gasteiger partial charge in [0.1, 0.15) is 6.61 Å². The van der Waals surface area contributed by atoms with Gasteiger partial charge in [-0.3, -0.25) is 5.32 Å². The molecule has 0 aliphatic carbocycles. The van der Waals surface area contributed by atoms with E-state index in [1.54, 1.807) is 31.2 Å². The Hall–Kier alpha value is -2.82. The fourth-order valence-electron chi connectivity index (χ4n) is 2.01. The molecule has 2 aromatic carbocycles. The number of carbonyl (C=O) groups excluding carboxylic acids is 2. The normalized spacial score (nSPS) is 10.0. The van der Waals surface area contributed by atoms with Crippen molar-refractivity contribution in [2.45, 2.75) is 20.5 Å². The average Bonchev–Trinajstić information content (AvgIpc) is 2.54. The van der Waals surface area contributed by atoms with E-state index in [0.29, 0.717) is 11.3 Å². The number of anilines is 1. The molecule has 5 heteroatoms. The molecule has 23 heavy (non-hydrogen) atoms. The monoisotopic (exact) mass is 313 g/mol. The lowest BCUT2D eigenvalue weighted by Crippen LogP contribution is -2.14.